The molecule has 0 aliphatic rings. The molecule has 214 valence electrons. The van der Waals surface area contributed by atoms with Gasteiger partial charge >= 0.3 is 0 Å². The van der Waals surface area contributed by atoms with E-state index in [9.17, 15) is 14.4 Å². The summed E-state index contributed by atoms with van der Waals surface area (Å²) in [6.07, 6.45) is 2.72. The van der Waals surface area contributed by atoms with Crippen LogP contribution in [0.25, 0.3) is 0 Å². The van der Waals surface area contributed by atoms with Crippen molar-refractivity contribution >= 4 is 17.7 Å². The van der Waals surface area contributed by atoms with Crippen LogP contribution in [0.15, 0.2) is 48.5 Å². The topological polar surface area (TPSA) is 105 Å². The highest BCUT2D eigenvalue weighted by Crippen LogP contribution is 2.16. The van der Waals surface area contributed by atoms with Crippen LogP contribution in [-0.4, -0.2) is 54.3 Å². The van der Waals surface area contributed by atoms with E-state index < -0.39 is 12.1 Å². The van der Waals surface area contributed by atoms with Crippen molar-refractivity contribution in [1.29, 1.82) is 0 Å². The van der Waals surface area contributed by atoms with Gasteiger partial charge in [-0.25, -0.2) is 0 Å². The number of rotatable bonds is 15. The number of hydrogen-bond donors (Lipinski definition) is 3. The summed E-state index contributed by atoms with van der Waals surface area (Å²) in [6, 6.07) is 14.2. The second-order valence-corrected chi connectivity index (χ2v) is 11.1. The van der Waals surface area contributed by atoms with E-state index in [0.29, 0.717) is 49.5 Å². The fourth-order valence-corrected chi connectivity index (χ4v) is 4.64. The van der Waals surface area contributed by atoms with E-state index in [4.69, 9.17) is 5.73 Å². The van der Waals surface area contributed by atoms with Crippen LogP contribution >= 0.6 is 0 Å². The van der Waals surface area contributed by atoms with Gasteiger partial charge in [0.25, 0.3) is 11.8 Å². The van der Waals surface area contributed by atoms with Gasteiger partial charge in [-0.2, -0.15) is 0 Å². The normalized spacial score (nSPS) is 13.4. The molecule has 2 aromatic rings. The second kappa shape index (κ2) is 16.0. The van der Waals surface area contributed by atoms with Crippen LogP contribution in [0.1, 0.15) is 85.7 Å². The molecule has 0 bridgehead atoms. The lowest BCUT2D eigenvalue weighted by molar-refractivity contribution is -0.125. The Bertz CT molecular complexity index is 1080. The fraction of sp³-hybridized carbons (Fsp3) is 0.531. The molecule has 39 heavy (non-hydrogen) atoms. The first-order chi connectivity index (χ1) is 18.5. The highest BCUT2D eigenvalue weighted by molar-refractivity contribution is 5.99. The molecule has 0 aliphatic carbocycles. The van der Waals surface area contributed by atoms with E-state index in [1.165, 1.54) is 0 Å². The summed E-state index contributed by atoms with van der Waals surface area (Å²) < 4.78 is 0. The average Bonchev–Trinajstić information content (AvgIpc) is 2.90. The first kappa shape index (κ1) is 32.0. The van der Waals surface area contributed by atoms with Gasteiger partial charge in [-0.15, -0.1) is 0 Å². The van der Waals surface area contributed by atoms with Gasteiger partial charge in [0.15, 0.2) is 0 Å². The first-order valence-corrected chi connectivity index (χ1v) is 14.3. The van der Waals surface area contributed by atoms with Gasteiger partial charge in [0.05, 0.1) is 0 Å². The Kier molecular flexibility index (Phi) is 13.2. The molecule has 2 rings (SSSR count). The SMILES string of the molecule is CCCN(CCC)C(=O)c1cccc(C(=O)N[C@@H](Cc2cccc(C)c2)[C@@H](N)C[C@@H](C)C(=O)NCC(C)C)c1. The molecule has 0 heterocycles. The van der Waals surface area contributed by atoms with Gasteiger partial charge in [-0.3, -0.25) is 14.4 Å². The van der Waals surface area contributed by atoms with Crippen molar-refractivity contribution in [3.8, 4) is 0 Å². The average molecular weight is 537 g/mol. The Hall–Kier alpha value is -3.19. The fourth-order valence-electron chi connectivity index (χ4n) is 4.64. The molecule has 3 atom stereocenters. The highest BCUT2D eigenvalue weighted by atomic mass is 16.2. The van der Waals surface area contributed by atoms with E-state index in [1.807, 2.05) is 50.8 Å². The Balaban J connectivity index is 2.23. The molecule has 7 heteroatoms. The van der Waals surface area contributed by atoms with Gasteiger partial charge in [-0.1, -0.05) is 70.5 Å². The maximum atomic E-state index is 13.4. The smallest absolute Gasteiger partial charge is 0.253 e. The van der Waals surface area contributed by atoms with Crippen LogP contribution in [0.3, 0.4) is 0 Å². The summed E-state index contributed by atoms with van der Waals surface area (Å²) >= 11 is 0. The van der Waals surface area contributed by atoms with Gasteiger partial charge in [0, 0.05) is 48.8 Å². The Morgan fingerprint density at radius 2 is 1.56 bits per heavy atom. The van der Waals surface area contributed by atoms with E-state index in [2.05, 4.69) is 30.5 Å². The van der Waals surface area contributed by atoms with Crippen molar-refractivity contribution in [2.75, 3.05) is 19.6 Å². The lowest BCUT2D eigenvalue weighted by atomic mass is 9.91. The molecule has 0 spiro atoms. The lowest BCUT2D eigenvalue weighted by Gasteiger charge is -2.28. The summed E-state index contributed by atoms with van der Waals surface area (Å²) in [4.78, 5) is 41.0. The van der Waals surface area contributed by atoms with Crippen molar-refractivity contribution in [3.63, 3.8) is 0 Å². The minimum atomic E-state index is -0.441. The number of aryl methyl sites for hydroxylation is 1. The molecule has 0 saturated heterocycles. The van der Waals surface area contributed by atoms with Crippen molar-refractivity contribution in [1.82, 2.24) is 15.5 Å². The molecular formula is C32H48N4O3. The summed E-state index contributed by atoms with van der Waals surface area (Å²) in [6.45, 7) is 14.1. The standard InChI is InChI=1S/C32H48N4O3/c1-7-15-36(16-8-2)32(39)27-14-10-13-26(20-27)31(38)35-29(19-25-12-9-11-23(5)17-25)28(33)18-24(6)30(37)34-21-22(3)4/h9-14,17,20,22,24,28-29H,7-8,15-16,18-19,21,33H2,1-6H3,(H,34,37)(H,35,38)/t24-,28+,29+/m1/s1. The van der Waals surface area contributed by atoms with Crippen LogP contribution < -0.4 is 16.4 Å². The zero-order chi connectivity index (χ0) is 28.9. The molecule has 0 saturated carbocycles. The van der Waals surface area contributed by atoms with Crippen molar-refractivity contribution in [3.05, 3.63) is 70.8 Å². The molecule has 0 unspecified atom stereocenters. The summed E-state index contributed by atoms with van der Waals surface area (Å²) in [7, 11) is 0. The largest absolute Gasteiger partial charge is 0.356 e. The summed E-state index contributed by atoms with van der Waals surface area (Å²) in [5.74, 6) is -0.314. The van der Waals surface area contributed by atoms with Crippen LogP contribution in [0.4, 0.5) is 0 Å². The number of nitrogens with zero attached hydrogens (tertiary/aromatic N) is 1. The number of hydrogen-bond acceptors (Lipinski definition) is 4. The molecule has 7 nitrogen and oxygen atoms in total. The van der Waals surface area contributed by atoms with Gasteiger partial charge in [0.1, 0.15) is 0 Å². The molecule has 0 aromatic heterocycles. The quantitative estimate of drug-likeness (QED) is 0.306. The van der Waals surface area contributed by atoms with E-state index in [0.717, 1.165) is 24.0 Å². The zero-order valence-corrected chi connectivity index (χ0v) is 24.6. The molecule has 0 fully saturated rings. The molecule has 4 N–H and O–H groups in total. The van der Waals surface area contributed by atoms with E-state index in [-0.39, 0.29) is 23.6 Å². The van der Waals surface area contributed by atoms with E-state index in [1.54, 1.807) is 24.3 Å². The molecular weight excluding hydrogens is 488 g/mol. The minimum Gasteiger partial charge on any atom is -0.356 e. The predicted molar refractivity (Wildman–Crippen MR) is 159 cm³/mol. The van der Waals surface area contributed by atoms with Crippen molar-refractivity contribution < 1.29 is 14.4 Å². The molecule has 0 aliphatic heterocycles. The van der Waals surface area contributed by atoms with Crippen molar-refractivity contribution in [2.24, 2.45) is 17.6 Å². The molecule has 2 aromatic carbocycles. The Labute approximate surface area is 234 Å². The van der Waals surface area contributed by atoms with Gasteiger partial charge in [-0.05, 0) is 62.3 Å². The maximum absolute atomic E-state index is 13.4. The first-order valence-electron chi connectivity index (χ1n) is 14.3. The van der Waals surface area contributed by atoms with Gasteiger partial charge in [0.2, 0.25) is 5.91 Å². The molecule has 3 amide bonds. The third-order valence-corrected chi connectivity index (χ3v) is 6.78. The third-order valence-electron chi connectivity index (χ3n) is 6.78. The summed E-state index contributed by atoms with van der Waals surface area (Å²) in [5, 5.41) is 6.10. The minimum absolute atomic E-state index is 0.0327. The van der Waals surface area contributed by atoms with Gasteiger partial charge < -0.3 is 21.3 Å². The van der Waals surface area contributed by atoms with Crippen LogP contribution in [0.2, 0.25) is 0 Å². The maximum Gasteiger partial charge on any atom is 0.253 e. The molecule has 0 radical (unpaired) electrons. The number of benzene rings is 2. The number of nitrogens with one attached hydrogen (secondary N) is 2. The van der Waals surface area contributed by atoms with Crippen molar-refractivity contribution in [2.45, 2.75) is 79.3 Å². The number of amides is 3. The predicted octanol–water partition coefficient (Wildman–Crippen LogP) is 4.72. The number of nitrogens with two attached hydrogens (primary N) is 1. The Morgan fingerprint density at radius 3 is 2.18 bits per heavy atom. The second-order valence-electron chi connectivity index (χ2n) is 11.1. The lowest BCUT2D eigenvalue weighted by Crippen LogP contribution is -2.50. The number of carbonyl (C=O) groups is 3. The van der Waals surface area contributed by atoms with Crippen LogP contribution in [-0.2, 0) is 11.2 Å². The third kappa shape index (κ3) is 10.5. The Morgan fingerprint density at radius 1 is 0.923 bits per heavy atom. The van der Waals surface area contributed by atoms with E-state index >= 15 is 0 Å². The van der Waals surface area contributed by atoms with Crippen LogP contribution in [0.5, 0.6) is 0 Å². The summed E-state index contributed by atoms with van der Waals surface area (Å²) in [5.41, 5.74) is 9.76. The van der Waals surface area contributed by atoms with Crippen LogP contribution in [0, 0.1) is 18.8 Å². The highest BCUT2D eigenvalue weighted by Gasteiger charge is 2.26. The zero-order valence-electron chi connectivity index (χ0n) is 24.6. The monoisotopic (exact) mass is 536 g/mol. The number of carbonyl (C=O) groups excluding carboxylic acids is 3.